The quantitative estimate of drug-likeness (QED) is 0.678. The third kappa shape index (κ3) is 2.56. The second kappa shape index (κ2) is 5.74. The Labute approximate surface area is 145 Å². The maximum absolute atomic E-state index is 12.2. The van der Waals surface area contributed by atoms with E-state index >= 15 is 0 Å². The van der Waals surface area contributed by atoms with Gasteiger partial charge >= 0.3 is 0 Å². The van der Waals surface area contributed by atoms with Gasteiger partial charge in [-0.3, -0.25) is 19.3 Å². The highest BCUT2D eigenvalue weighted by Crippen LogP contribution is 2.22. The van der Waals surface area contributed by atoms with Crippen LogP contribution in [0.15, 0.2) is 24.3 Å². The molecule has 4 rings (SSSR count). The van der Waals surface area contributed by atoms with Gasteiger partial charge in [0.1, 0.15) is 11.6 Å². The molecule has 3 aromatic rings. The molecule has 2 aromatic heterocycles. The fourth-order valence-electron chi connectivity index (χ4n) is 2.58. The van der Waals surface area contributed by atoms with Gasteiger partial charge < -0.3 is 5.32 Å². The van der Waals surface area contributed by atoms with Crippen LogP contribution >= 0.6 is 11.3 Å². The van der Waals surface area contributed by atoms with Crippen LogP contribution in [0.1, 0.15) is 31.5 Å². The number of imide groups is 1. The molecule has 3 heterocycles. The van der Waals surface area contributed by atoms with Crippen molar-refractivity contribution >= 4 is 34.0 Å². The minimum absolute atomic E-state index is 0.190. The molecule has 1 aliphatic heterocycles. The first-order valence-electron chi connectivity index (χ1n) is 7.44. The van der Waals surface area contributed by atoms with Crippen molar-refractivity contribution in [3.8, 4) is 0 Å². The summed E-state index contributed by atoms with van der Waals surface area (Å²) in [5.41, 5.74) is 0.647. The highest BCUT2D eigenvalue weighted by atomic mass is 32.1. The van der Waals surface area contributed by atoms with Crippen molar-refractivity contribution in [3.63, 3.8) is 0 Å². The van der Waals surface area contributed by atoms with E-state index in [0.29, 0.717) is 26.9 Å². The number of carbonyl (C=O) groups excluding carboxylic acids is 3. The maximum atomic E-state index is 12.2. The van der Waals surface area contributed by atoms with Gasteiger partial charge in [0.05, 0.1) is 17.7 Å². The normalized spacial score (nSPS) is 13.6. The van der Waals surface area contributed by atoms with Crippen molar-refractivity contribution in [2.45, 2.75) is 13.5 Å². The van der Waals surface area contributed by atoms with Crippen LogP contribution < -0.4 is 5.32 Å². The summed E-state index contributed by atoms with van der Waals surface area (Å²) in [6, 6.07) is 6.52. The third-order valence-electron chi connectivity index (χ3n) is 3.81. The number of carbonyl (C=O) groups is 3. The molecule has 0 aliphatic carbocycles. The Bertz CT molecular complexity index is 988. The number of amides is 3. The molecule has 25 heavy (non-hydrogen) atoms. The van der Waals surface area contributed by atoms with Crippen LogP contribution in [0.25, 0.3) is 4.96 Å². The minimum Gasteiger partial charge on any atom is -0.348 e. The van der Waals surface area contributed by atoms with Gasteiger partial charge in [-0.2, -0.15) is 9.61 Å². The summed E-state index contributed by atoms with van der Waals surface area (Å²) >= 11 is 1.31. The van der Waals surface area contributed by atoms with Crippen LogP contribution in [0.2, 0.25) is 0 Å². The zero-order valence-electron chi connectivity index (χ0n) is 13.1. The molecule has 126 valence electrons. The fraction of sp³-hybridized carbons (Fsp3) is 0.200. The summed E-state index contributed by atoms with van der Waals surface area (Å²) in [6.45, 7) is 1.65. The van der Waals surface area contributed by atoms with E-state index in [2.05, 4.69) is 20.6 Å². The van der Waals surface area contributed by atoms with Gasteiger partial charge in [-0.25, -0.2) is 0 Å². The Morgan fingerprint density at radius 2 is 1.84 bits per heavy atom. The average molecular weight is 356 g/mol. The zero-order valence-corrected chi connectivity index (χ0v) is 13.9. The highest BCUT2D eigenvalue weighted by molar-refractivity contribution is 7.16. The van der Waals surface area contributed by atoms with Gasteiger partial charge in [0.2, 0.25) is 10.9 Å². The van der Waals surface area contributed by atoms with E-state index in [0.717, 1.165) is 4.90 Å². The van der Waals surface area contributed by atoms with Gasteiger partial charge in [-0.05, 0) is 19.1 Å². The Morgan fingerprint density at radius 1 is 1.16 bits per heavy atom. The lowest BCUT2D eigenvalue weighted by atomic mass is 10.1. The standard InChI is InChI=1S/C15H12N6O3S/c1-8-17-18-15-21(8)19-12(25-15)6-16-11(22)7-20-13(23)9-4-2-3-5-10(9)14(20)24/h2-5H,6-7H2,1H3,(H,16,22). The minimum atomic E-state index is -0.454. The molecule has 9 nitrogen and oxygen atoms in total. The van der Waals surface area contributed by atoms with E-state index in [1.165, 1.54) is 11.3 Å². The second-order valence-corrected chi connectivity index (χ2v) is 6.50. The Balaban J connectivity index is 1.41. The lowest BCUT2D eigenvalue weighted by molar-refractivity contribution is -0.121. The molecular formula is C15H12N6O3S. The number of nitrogens with one attached hydrogen (secondary N) is 1. The topological polar surface area (TPSA) is 110 Å². The molecule has 0 bridgehead atoms. The number of rotatable bonds is 4. The van der Waals surface area contributed by atoms with Crippen molar-refractivity contribution < 1.29 is 14.4 Å². The van der Waals surface area contributed by atoms with E-state index in [4.69, 9.17) is 0 Å². The van der Waals surface area contributed by atoms with E-state index in [-0.39, 0.29) is 13.1 Å². The summed E-state index contributed by atoms with van der Waals surface area (Å²) in [7, 11) is 0. The van der Waals surface area contributed by atoms with Crippen LogP contribution in [0.5, 0.6) is 0 Å². The number of nitrogens with zero attached hydrogens (tertiary/aromatic N) is 5. The van der Waals surface area contributed by atoms with Crippen molar-refractivity contribution in [2.75, 3.05) is 6.54 Å². The number of aromatic nitrogens is 4. The van der Waals surface area contributed by atoms with E-state index < -0.39 is 17.7 Å². The highest BCUT2D eigenvalue weighted by Gasteiger charge is 2.36. The Kier molecular flexibility index (Phi) is 3.53. The van der Waals surface area contributed by atoms with Crippen molar-refractivity contribution in [3.05, 3.63) is 46.2 Å². The zero-order chi connectivity index (χ0) is 17.6. The lowest BCUT2D eigenvalue weighted by Gasteiger charge is -2.13. The van der Waals surface area contributed by atoms with Crippen molar-refractivity contribution in [1.29, 1.82) is 0 Å². The van der Waals surface area contributed by atoms with Crippen LogP contribution in [0.3, 0.4) is 0 Å². The summed E-state index contributed by atoms with van der Waals surface area (Å²) < 4.78 is 1.59. The Morgan fingerprint density at radius 3 is 2.48 bits per heavy atom. The molecule has 0 atom stereocenters. The first-order valence-corrected chi connectivity index (χ1v) is 8.26. The van der Waals surface area contributed by atoms with Gasteiger partial charge in [-0.1, -0.05) is 23.5 Å². The van der Waals surface area contributed by atoms with Crippen LogP contribution in [-0.4, -0.2) is 49.0 Å². The molecule has 0 fully saturated rings. The molecule has 1 N–H and O–H groups in total. The summed E-state index contributed by atoms with van der Waals surface area (Å²) in [5.74, 6) is -0.678. The molecule has 0 saturated heterocycles. The summed E-state index contributed by atoms with van der Waals surface area (Å²) in [4.78, 5) is 38.2. The number of fused-ring (bicyclic) bond motifs is 2. The summed E-state index contributed by atoms with van der Waals surface area (Å²) in [6.07, 6.45) is 0. The molecule has 3 amide bonds. The molecule has 10 heteroatoms. The SMILES string of the molecule is Cc1nnc2sc(CNC(=O)CN3C(=O)c4ccccc4C3=O)nn12. The molecule has 0 radical (unpaired) electrons. The predicted octanol–water partition coefficient (Wildman–Crippen LogP) is 0.407. The van der Waals surface area contributed by atoms with Crippen molar-refractivity contribution in [1.82, 2.24) is 30.0 Å². The number of benzene rings is 1. The fourth-order valence-corrected chi connectivity index (χ4v) is 3.40. The van der Waals surface area contributed by atoms with Gasteiger partial charge in [0.15, 0.2) is 5.82 Å². The lowest BCUT2D eigenvalue weighted by Crippen LogP contribution is -2.40. The molecule has 1 aromatic carbocycles. The second-order valence-electron chi connectivity index (χ2n) is 5.46. The number of hydrogen-bond acceptors (Lipinski definition) is 7. The smallest absolute Gasteiger partial charge is 0.262 e. The Hall–Kier alpha value is -3.14. The monoisotopic (exact) mass is 356 g/mol. The first kappa shape index (κ1) is 15.4. The van der Waals surface area contributed by atoms with E-state index in [1.54, 1.807) is 35.7 Å². The predicted molar refractivity (Wildman–Crippen MR) is 87.1 cm³/mol. The van der Waals surface area contributed by atoms with Gasteiger partial charge in [0.25, 0.3) is 11.8 Å². The van der Waals surface area contributed by atoms with Crippen LogP contribution in [0, 0.1) is 6.92 Å². The molecule has 0 saturated carbocycles. The molecule has 0 spiro atoms. The first-order chi connectivity index (χ1) is 12.0. The average Bonchev–Trinajstić information content (AvgIpc) is 3.24. The van der Waals surface area contributed by atoms with Gasteiger partial charge in [-0.15, -0.1) is 10.2 Å². The third-order valence-corrected chi connectivity index (χ3v) is 4.70. The summed E-state index contributed by atoms with van der Waals surface area (Å²) in [5, 5.41) is 15.4. The molecule has 1 aliphatic rings. The van der Waals surface area contributed by atoms with Crippen LogP contribution in [-0.2, 0) is 11.3 Å². The van der Waals surface area contributed by atoms with Crippen molar-refractivity contribution in [2.24, 2.45) is 0 Å². The molecule has 0 unspecified atom stereocenters. The van der Waals surface area contributed by atoms with Crippen LogP contribution in [0.4, 0.5) is 0 Å². The van der Waals surface area contributed by atoms with E-state index in [1.807, 2.05) is 0 Å². The van der Waals surface area contributed by atoms with Gasteiger partial charge in [0, 0.05) is 0 Å². The number of aryl methyl sites for hydroxylation is 1. The van der Waals surface area contributed by atoms with E-state index in [9.17, 15) is 14.4 Å². The number of hydrogen-bond donors (Lipinski definition) is 1. The largest absolute Gasteiger partial charge is 0.348 e. The maximum Gasteiger partial charge on any atom is 0.262 e. The molecular weight excluding hydrogens is 344 g/mol.